The number of methoxy groups -OCH3 is 1. The number of hydrogen-bond acceptors (Lipinski definition) is 3. The summed E-state index contributed by atoms with van der Waals surface area (Å²) in [6, 6.07) is 16.1. The van der Waals surface area contributed by atoms with Crippen LogP contribution in [0.15, 0.2) is 54.7 Å². The molecule has 1 aliphatic rings. The van der Waals surface area contributed by atoms with E-state index in [4.69, 9.17) is 4.74 Å². The minimum Gasteiger partial charge on any atom is -0.497 e. The maximum absolute atomic E-state index is 13.4. The van der Waals surface area contributed by atoms with Crippen LogP contribution >= 0.6 is 0 Å². The van der Waals surface area contributed by atoms with Crippen LogP contribution in [0, 0.1) is 6.92 Å². The number of aromatic nitrogens is 2. The molecule has 0 spiro atoms. The number of ether oxygens (including phenoxy) is 1. The molecule has 1 unspecified atom stereocenters. The topological polar surface area (TPSA) is 58.2 Å². The predicted octanol–water partition coefficient (Wildman–Crippen LogP) is 4.37. The van der Waals surface area contributed by atoms with Crippen molar-refractivity contribution in [3.8, 4) is 17.0 Å². The zero-order chi connectivity index (χ0) is 18.8. The van der Waals surface area contributed by atoms with Gasteiger partial charge in [0, 0.05) is 12.1 Å². The second-order valence-corrected chi connectivity index (χ2v) is 6.90. The van der Waals surface area contributed by atoms with Gasteiger partial charge in [0.2, 0.25) is 0 Å². The molecule has 1 fully saturated rings. The fourth-order valence-corrected chi connectivity index (χ4v) is 3.90. The van der Waals surface area contributed by atoms with Crippen LogP contribution in [-0.2, 0) is 0 Å². The van der Waals surface area contributed by atoms with Gasteiger partial charge in [-0.15, -0.1) is 0 Å². The number of benzene rings is 2. The largest absolute Gasteiger partial charge is 0.497 e. The van der Waals surface area contributed by atoms with E-state index in [2.05, 4.69) is 29.3 Å². The Morgan fingerprint density at radius 3 is 2.89 bits per heavy atom. The van der Waals surface area contributed by atoms with Crippen LogP contribution in [0.25, 0.3) is 11.3 Å². The highest BCUT2D eigenvalue weighted by Crippen LogP contribution is 2.36. The molecule has 2 aromatic carbocycles. The van der Waals surface area contributed by atoms with Gasteiger partial charge in [0.05, 0.1) is 30.6 Å². The molecule has 1 amide bonds. The second-order valence-electron chi connectivity index (χ2n) is 6.90. The van der Waals surface area contributed by atoms with E-state index in [1.54, 1.807) is 13.3 Å². The molecule has 5 nitrogen and oxygen atoms in total. The van der Waals surface area contributed by atoms with E-state index in [1.165, 1.54) is 11.1 Å². The summed E-state index contributed by atoms with van der Waals surface area (Å²) in [4.78, 5) is 15.4. The van der Waals surface area contributed by atoms with E-state index in [9.17, 15) is 4.79 Å². The fourth-order valence-electron chi connectivity index (χ4n) is 3.90. The van der Waals surface area contributed by atoms with Crippen LogP contribution in [0.1, 0.15) is 40.4 Å². The van der Waals surface area contributed by atoms with Gasteiger partial charge in [-0.1, -0.05) is 36.4 Å². The van der Waals surface area contributed by atoms with Crippen LogP contribution < -0.4 is 4.74 Å². The maximum Gasteiger partial charge on any atom is 0.258 e. The third-order valence-corrected chi connectivity index (χ3v) is 5.29. The molecule has 27 heavy (non-hydrogen) atoms. The van der Waals surface area contributed by atoms with Crippen LogP contribution in [-0.4, -0.2) is 34.7 Å². The van der Waals surface area contributed by atoms with Gasteiger partial charge in [-0.2, -0.15) is 5.10 Å². The summed E-state index contributed by atoms with van der Waals surface area (Å²) in [5, 5.41) is 7.14. The van der Waals surface area contributed by atoms with Crippen molar-refractivity contribution in [1.29, 1.82) is 0 Å². The summed E-state index contributed by atoms with van der Waals surface area (Å²) < 4.78 is 5.31. The highest BCUT2D eigenvalue weighted by Gasteiger charge is 2.33. The molecule has 1 aromatic heterocycles. The normalized spacial score (nSPS) is 16.5. The van der Waals surface area contributed by atoms with Crippen molar-refractivity contribution < 1.29 is 9.53 Å². The van der Waals surface area contributed by atoms with Gasteiger partial charge in [0.15, 0.2) is 0 Å². The number of aromatic amines is 1. The molecular weight excluding hydrogens is 338 g/mol. The van der Waals surface area contributed by atoms with Gasteiger partial charge >= 0.3 is 0 Å². The average molecular weight is 361 g/mol. The molecule has 2 heterocycles. The Balaban J connectivity index is 1.67. The summed E-state index contributed by atoms with van der Waals surface area (Å²) in [7, 11) is 1.63. The minimum absolute atomic E-state index is 0.0207. The average Bonchev–Trinajstić information content (AvgIpc) is 3.37. The molecule has 0 saturated carbocycles. The highest BCUT2D eigenvalue weighted by molar-refractivity contribution is 6.00. The maximum atomic E-state index is 13.4. The van der Waals surface area contributed by atoms with Crippen molar-refractivity contribution in [3.63, 3.8) is 0 Å². The first-order valence-corrected chi connectivity index (χ1v) is 9.23. The van der Waals surface area contributed by atoms with Gasteiger partial charge in [0.1, 0.15) is 5.75 Å². The second kappa shape index (κ2) is 7.27. The molecule has 5 heteroatoms. The van der Waals surface area contributed by atoms with Gasteiger partial charge in [-0.3, -0.25) is 9.89 Å². The number of nitrogens with zero attached hydrogens (tertiary/aromatic N) is 2. The first-order chi connectivity index (χ1) is 13.2. The lowest BCUT2D eigenvalue weighted by molar-refractivity contribution is 0.0736. The molecule has 1 N–H and O–H groups in total. The van der Waals surface area contributed by atoms with Crippen LogP contribution in [0.5, 0.6) is 5.75 Å². The van der Waals surface area contributed by atoms with E-state index in [0.717, 1.165) is 36.4 Å². The zero-order valence-corrected chi connectivity index (χ0v) is 15.6. The minimum atomic E-state index is 0.0207. The van der Waals surface area contributed by atoms with Crippen molar-refractivity contribution in [1.82, 2.24) is 15.1 Å². The van der Waals surface area contributed by atoms with E-state index in [-0.39, 0.29) is 11.9 Å². The smallest absolute Gasteiger partial charge is 0.258 e. The summed E-state index contributed by atoms with van der Waals surface area (Å²) in [5.74, 6) is 0.770. The van der Waals surface area contributed by atoms with Crippen molar-refractivity contribution in [3.05, 3.63) is 71.4 Å². The molecule has 3 aromatic rings. The van der Waals surface area contributed by atoms with Crippen LogP contribution in [0.2, 0.25) is 0 Å². The standard InChI is InChI=1S/C22H23N3O2/c1-15-7-3-4-10-18(15)20-11-6-12-25(20)22(26)19-14-23-24-21(19)16-8-5-9-17(13-16)27-2/h3-5,7-10,13-14,20H,6,11-12H2,1-2H3,(H,23,24). The monoisotopic (exact) mass is 361 g/mol. The molecule has 4 rings (SSSR count). The summed E-state index contributed by atoms with van der Waals surface area (Å²) >= 11 is 0. The van der Waals surface area contributed by atoms with Crippen LogP contribution in [0.3, 0.4) is 0 Å². The lowest BCUT2D eigenvalue weighted by atomic mass is 9.99. The van der Waals surface area contributed by atoms with Crippen molar-refractivity contribution >= 4 is 5.91 Å². The molecule has 0 aliphatic carbocycles. The number of carbonyl (C=O) groups is 1. The van der Waals surface area contributed by atoms with Crippen molar-refractivity contribution in [2.24, 2.45) is 0 Å². The lowest BCUT2D eigenvalue weighted by Gasteiger charge is -2.26. The predicted molar refractivity (Wildman–Crippen MR) is 105 cm³/mol. The Morgan fingerprint density at radius 2 is 2.07 bits per heavy atom. The number of rotatable bonds is 4. The van der Waals surface area contributed by atoms with E-state index < -0.39 is 0 Å². The Bertz CT molecular complexity index is 963. The molecular formula is C22H23N3O2. The van der Waals surface area contributed by atoms with E-state index in [1.807, 2.05) is 41.3 Å². The number of hydrogen-bond donors (Lipinski definition) is 1. The molecule has 1 atom stereocenters. The fraction of sp³-hybridized carbons (Fsp3) is 0.273. The van der Waals surface area contributed by atoms with Crippen LogP contribution in [0.4, 0.5) is 0 Å². The Hall–Kier alpha value is -3.08. The molecule has 1 aliphatic heterocycles. The number of H-pyrrole nitrogens is 1. The Kier molecular flexibility index (Phi) is 4.67. The molecule has 0 radical (unpaired) electrons. The summed E-state index contributed by atoms with van der Waals surface area (Å²) in [6.45, 7) is 2.87. The third-order valence-electron chi connectivity index (χ3n) is 5.29. The van der Waals surface area contributed by atoms with Gasteiger partial charge in [0.25, 0.3) is 5.91 Å². The van der Waals surface area contributed by atoms with Crippen molar-refractivity contribution in [2.75, 3.05) is 13.7 Å². The molecule has 1 saturated heterocycles. The molecule has 0 bridgehead atoms. The highest BCUT2D eigenvalue weighted by atomic mass is 16.5. The first-order valence-electron chi connectivity index (χ1n) is 9.23. The van der Waals surface area contributed by atoms with Gasteiger partial charge in [-0.25, -0.2) is 0 Å². The molecule has 138 valence electrons. The summed E-state index contributed by atoms with van der Waals surface area (Å²) in [5.41, 5.74) is 4.68. The quantitative estimate of drug-likeness (QED) is 0.751. The number of nitrogens with one attached hydrogen (secondary N) is 1. The van der Waals surface area contributed by atoms with Crippen molar-refractivity contribution in [2.45, 2.75) is 25.8 Å². The van der Waals surface area contributed by atoms with E-state index in [0.29, 0.717) is 5.56 Å². The van der Waals surface area contributed by atoms with Gasteiger partial charge in [-0.05, 0) is 43.0 Å². The zero-order valence-electron chi connectivity index (χ0n) is 15.6. The van der Waals surface area contributed by atoms with E-state index >= 15 is 0 Å². The Morgan fingerprint density at radius 1 is 1.22 bits per heavy atom. The van der Waals surface area contributed by atoms with Gasteiger partial charge < -0.3 is 9.64 Å². The number of amides is 1. The SMILES string of the molecule is COc1cccc(-c2[nH]ncc2C(=O)N2CCCC2c2ccccc2C)c1. The number of likely N-dealkylation sites (tertiary alicyclic amines) is 1. The summed E-state index contributed by atoms with van der Waals surface area (Å²) in [6.07, 6.45) is 3.63. The first kappa shape index (κ1) is 17.3. The number of carbonyl (C=O) groups excluding carboxylic acids is 1. The lowest BCUT2D eigenvalue weighted by Crippen LogP contribution is -2.31. The Labute approximate surface area is 159 Å². The number of aryl methyl sites for hydroxylation is 1. The third kappa shape index (κ3) is 3.21.